The van der Waals surface area contributed by atoms with Crippen molar-refractivity contribution in [1.82, 2.24) is 0 Å². The number of hydrogen-bond acceptors (Lipinski definition) is 1. The van der Waals surface area contributed by atoms with Crippen molar-refractivity contribution in [3.63, 3.8) is 0 Å². The van der Waals surface area contributed by atoms with Crippen LogP contribution >= 0.6 is 39.1 Å². The zero-order chi connectivity index (χ0) is 14.0. The molecule has 0 aromatic heterocycles. The number of nitrogens with one attached hydrogen (secondary N) is 1. The molecule has 1 amide bonds. The molecule has 2 aromatic carbocycles. The summed E-state index contributed by atoms with van der Waals surface area (Å²) < 4.78 is 0.913. The van der Waals surface area contributed by atoms with Gasteiger partial charge in [-0.15, -0.1) is 0 Å². The highest BCUT2D eigenvalue weighted by Gasteiger charge is 2.13. The Bertz CT molecular complexity index is 626. The maximum atomic E-state index is 12.1. The Morgan fingerprint density at radius 3 is 2.37 bits per heavy atom. The van der Waals surface area contributed by atoms with Crippen molar-refractivity contribution in [1.29, 1.82) is 0 Å². The van der Waals surface area contributed by atoms with Crippen molar-refractivity contribution in [2.24, 2.45) is 0 Å². The number of hydrogen-bond donors (Lipinski definition) is 1. The summed E-state index contributed by atoms with van der Waals surface area (Å²) in [4.78, 5) is 12.1. The van der Waals surface area contributed by atoms with Gasteiger partial charge in [0.1, 0.15) is 0 Å². The van der Waals surface area contributed by atoms with Crippen molar-refractivity contribution in [3.05, 3.63) is 62.0 Å². The van der Waals surface area contributed by atoms with Crippen LogP contribution in [0, 0.1) is 6.92 Å². The van der Waals surface area contributed by atoms with E-state index >= 15 is 0 Å². The Morgan fingerprint density at radius 1 is 1.11 bits per heavy atom. The average molecular weight is 359 g/mol. The Hall–Kier alpha value is -1.03. The first kappa shape index (κ1) is 14.4. The molecule has 0 fully saturated rings. The van der Waals surface area contributed by atoms with E-state index < -0.39 is 0 Å². The Balaban J connectivity index is 2.29. The number of aryl methyl sites for hydroxylation is 1. The molecule has 0 spiro atoms. The standard InChI is InChI=1S/C14H10BrCl2NO/c1-8-2-7-11(16)13(12(8)17)18-14(19)9-3-5-10(15)6-4-9/h2-7H,1H3,(H,18,19). The molecule has 2 aromatic rings. The van der Waals surface area contributed by atoms with Crippen LogP contribution in [0.4, 0.5) is 5.69 Å². The summed E-state index contributed by atoms with van der Waals surface area (Å²) in [7, 11) is 0. The number of amides is 1. The van der Waals surface area contributed by atoms with Crippen LogP contribution in [-0.2, 0) is 0 Å². The fraction of sp³-hybridized carbons (Fsp3) is 0.0714. The number of benzene rings is 2. The van der Waals surface area contributed by atoms with Crippen molar-refractivity contribution in [2.75, 3.05) is 5.32 Å². The molecule has 2 nitrogen and oxygen atoms in total. The maximum absolute atomic E-state index is 12.1. The van der Waals surface area contributed by atoms with Gasteiger partial charge in [-0.3, -0.25) is 4.79 Å². The molecular weight excluding hydrogens is 349 g/mol. The summed E-state index contributed by atoms with van der Waals surface area (Å²) in [5, 5.41) is 3.61. The SMILES string of the molecule is Cc1ccc(Cl)c(NC(=O)c2ccc(Br)cc2)c1Cl. The number of rotatable bonds is 2. The largest absolute Gasteiger partial charge is 0.319 e. The van der Waals surface area contributed by atoms with Gasteiger partial charge in [0.15, 0.2) is 0 Å². The molecule has 5 heteroatoms. The molecule has 0 aliphatic heterocycles. The molecule has 0 aliphatic rings. The van der Waals surface area contributed by atoms with E-state index in [-0.39, 0.29) is 5.91 Å². The Labute approximate surface area is 129 Å². The first-order chi connectivity index (χ1) is 8.99. The molecule has 0 saturated heterocycles. The van der Waals surface area contributed by atoms with E-state index in [1.54, 1.807) is 36.4 Å². The highest BCUT2D eigenvalue weighted by Crippen LogP contribution is 2.33. The molecule has 19 heavy (non-hydrogen) atoms. The normalized spacial score (nSPS) is 10.3. The lowest BCUT2D eigenvalue weighted by molar-refractivity contribution is 0.102. The Kier molecular flexibility index (Phi) is 4.50. The third-order valence-corrected chi connectivity index (χ3v) is 3.96. The first-order valence-corrected chi connectivity index (χ1v) is 7.05. The van der Waals surface area contributed by atoms with Crippen LogP contribution in [0.5, 0.6) is 0 Å². The lowest BCUT2D eigenvalue weighted by Gasteiger charge is -2.11. The topological polar surface area (TPSA) is 29.1 Å². The zero-order valence-corrected chi connectivity index (χ0v) is 13.1. The van der Waals surface area contributed by atoms with Gasteiger partial charge < -0.3 is 5.32 Å². The number of carbonyl (C=O) groups excluding carboxylic acids is 1. The molecule has 2 rings (SSSR count). The van der Waals surface area contributed by atoms with Crippen LogP contribution in [0.15, 0.2) is 40.9 Å². The highest BCUT2D eigenvalue weighted by molar-refractivity contribution is 9.10. The van der Waals surface area contributed by atoms with Crippen LogP contribution in [0.2, 0.25) is 10.0 Å². The summed E-state index contributed by atoms with van der Waals surface area (Å²) in [5.41, 5.74) is 1.84. The van der Waals surface area contributed by atoms with E-state index in [2.05, 4.69) is 21.2 Å². The third kappa shape index (κ3) is 3.30. The zero-order valence-electron chi connectivity index (χ0n) is 10.0. The smallest absolute Gasteiger partial charge is 0.255 e. The van der Waals surface area contributed by atoms with Gasteiger partial charge in [0.25, 0.3) is 5.91 Å². The second-order valence-corrected chi connectivity index (χ2v) is 5.72. The number of anilines is 1. The van der Waals surface area contributed by atoms with Crippen LogP contribution < -0.4 is 5.32 Å². The molecular formula is C14H10BrCl2NO. The van der Waals surface area contributed by atoms with Gasteiger partial charge in [0.05, 0.1) is 15.7 Å². The van der Waals surface area contributed by atoms with Gasteiger partial charge in [-0.2, -0.15) is 0 Å². The predicted molar refractivity (Wildman–Crippen MR) is 83.3 cm³/mol. The maximum Gasteiger partial charge on any atom is 0.255 e. The van der Waals surface area contributed by atoms with Gasteiger partial charge >= 0.3 is 0 Å². The molecule has 0 aliphatic carbocycles. The predicted octanol–water partition coefficient (Wildman–Crippen LogP) is 5.32. The summed E-state index contributed by atoms with van der Waals surface area (Å²) in [6.07, 6.45) is 0. The van der Waals surface area contributed by atoms with Gasteiger partial charge in [-0.1, -0.05) is 45.2 Å². The molecule has 0 unspecified atom stereocenters. The third-order valence-electron chi connectivity index (χ3n) is 2.63. The van der Waals surface area contributed by atoms with Crippen molar-refractivity contribution < 1.29 is 4.79 Å². The summed E-state index contributed by atoms with van der Waals surface area (Å²) in [6.45, 7) is 1.86. The van der Waals surface area contributed by atoms with E-state index in [1.165, 1.54) is 0 Å². The molecule has 1 N–H and O–H groups in total. The first-order valence-electron chi connectivity index (χ1n) is 5.50. The molecule has 98 valence electrons. The lowest BCUT2D eigenvalue weighted by atomic mass is 10.2. The summed E-state index contributed by atoms with van der Waals surface area (Å²) in [6, 6.07) is 10.6. The number of carbonyl (C=O) groups is 1. The minimum absolute atomic E-state index is 0.248. The molecule has 0 atom stereocenters. The molecule has 0 radical (unpaired) electrons. The van der Waals surface area contributed by atoms with Crippen molar-refractivity contribution in [3.8, 4) is 0 Å². The number of halogens is 3. The van der Waals surface area contributed by atoms with Crippen LogP contribution in [-0.4, -0.2) is 5.91 Å². The van der Waals surface area contributed by atoms with Gasteiger partial charge in [-0.05, 0) is 42.8 Å². The lowest BCUT2D eigenvalue weighted by Crippen LogP contribution is -2.12. The van der Waals surface area contributed by atoms with Gasteiger partial charge in [0, 0.05) is 10.0 Å². The van der Waals surface area contributed by atoms with Gasteiger partial charge in [0.2, 0.25) is 0 Å². The van der Waals surface area contributed by atoms with Crippen LogP contribution in [0.3, 0.4) is 0 Å². The molecule has 0 saturated carbocycles. The summed E-state index contributed by atoms with van der Waals surface area (Å²) >= 11 is 15.5. The fourth-order valence-corrected chi connectivity index (χ4v) is 2.29. The van der Waals surface area contributed by atoms with E-state index in [4.69, 9.17) is 23.2 Å². The van der Waals surface area contributed by atoms with Crippen molar-refractivity contribution >= 4 is 50.7 Å². The minimum atomic E-state index is -0.248. The van der Waals surface area contributed by atoms with Crippen LogP contribution in [0.1, 0.15) is 15.9 Å². The van der Waals surface area contributed by atoms with Gasteiger partial charge in [-0.25, -0.2) is 0 Å². The average Bonchev–Trinajstić information content (AvgIpc) is 2.40. The van der Waals surface area contributed by atoms with E-state index in [0.29, 0.717) is 21.3 Å². The minimum Gasteiger partial charge on any atom is -0.319 e. The van der Waals surface area contributed by atoms with E-state index in [9.17, 15) is 4.79 Å². The monoisotopic (exact) mass is 357 g/mol. The second kappa shape index (κ2) is 5.95. The summed E-state index contributed by atoms with van der Waals surface area (Å²) in [5.74, 6) is -0.248. The highest BCUT2D eigenvalue weighted by atomic mass is 79.9. The van der Waals surface area contributed by atoms with E-state index in [0.717, 1.165) is 10.0 Å². The fourth-order valence-electron chi connectivity index (χ4n) is 1.56. The van der Waals surface area contributed by atoms with Crippen LogP contribution in [0.25, 0.3) is 0 Å². The second-order valence-electron chi connectivity index (χ2n) is 4.01. The Morgan fingerprint density at radius 2 is 1.74 bits per heavy atom. The molecule has 0 heterocycles. The van der Waals surface area contributed by atoms with Crippen molar-refractivity contribution in [2.45, 2.75) is 6.92 Å². The molecule has 0 bridgehead atoms. The van der Waals surface area contributed by atoms with E-state index in [1.807, 2.05) is 6.92 Å². The quantitative estimate of drug-likeness (QED) is 0.773.